The number of rotatable bonds is 4. The Bertz CT molecular complexity index is 746. The largest absolute Gasteiger partial charge is 0.486 e. The second-order valence-electron chi connectivity index (χ2n) is 6.11. The van der Waals surface area contributed by atoms with E-state index in [-0.39, 0.29) is 6.10 Å². The molecule has 2 aromatic carbocycles. The molecule has 4 rings (SSSR count). The maximum atomic E-state index is 6.16. The zero-order valence-electron chi connectivity index (χ0n) is 13.8. The van der Waals surface area contributed by atoms with Crippen molar-refractivity contribution < 1.29 is 18.9 Å². The van der Waals surface area contributed by atoms with E-state index in [2.05, 4.69) is 37.4 Å². The molecule has 0 radical (unpaired) electrons. The van der Waals surface area contributed by atoms with Crippen molar-refractivity contribution in [3.63, 3.8) is 0 Å². The van der Waals surface area contributed by atoms with Gasteiger partial charge in [-0.25, -0.2) is 0 Å². The first-order valence-corrected chi connectivity index (χ1v) is 9.32. The zero-order chi connectivity index (χ0) is 16.5. The van der Waals surface area contributed by atoms with Crippen molar-refractivity contribution in [1.82, 2.24) is 0 Å². The van der Waals surface area contributed by atoms with Gasteiger partial charge in [-0.1, -0.05) is 13.0 Å². The van der Waals surface area contributed by atoms with Gasteiger partial charge in [0.05, 0.1) is 0 Å². The smallest absolute Gasteiger partial charge is 0.231 e. The van der Waals surface area contributed by atoms with Crippen molar-refractivity contribution >= 4 is 11.8 Å². The number of ether oxygens (including phenoxy) is 4. The van der Waals surface area contributed by atoms with Gasteiger partial charge < -0.3 is 18.9 Å². The van der Waals surface area contributed by atoms with Crippen LogP contribution >= 0.6 is 11.8 Å². The number of fused-ring (bicyclic) bond motifs is 2. The van der Waals surface area contributed by atoms with Crippen LogP contribution in [0.3, 0.4) is 0 Å². The minimum atomic E-state index is 0.0510. The van der Waals surface area contributed by atoms with Gasteiger partial charge >= 0.3 is 0 Å². The number of hydrogen-bond donors (Lipinski definition) is 0. The van der Waals surface area contributed by atoms with E-state index in [1.807, 2.05) is 12.1 Å². The minimum Gasteiger partial charge on any atom is -0.486 e. The van der Waals surface area contributed by atoms with Gasteiger partial charge in [0, 0.05) is 4.90 Å². The van der Waals surface area contributed by atoms with E-state index < -0.39 is 0 Å². The molecule has 0 amide bonds. The van der Waals surface area contributed by atoms with Crippen LogP contribution < -0.4 is 18.9 Å². The lowest BCUT2D eigenvalue weighted by Crippen LogP contribution is -2.30. The third-order valence-electron chi connectivity index (χ3n) is 4.45. The fraction of sp³-hybridized carbons (Fsp3) is 0.368. The Morgan fingerprint density at radius 2 is 1.79 bits per heavy atom. The summed E-state index contributed by atoms with van der Waals surface area (Å²) in [5.74, 6) is 3.67. The van der Waals surface area contributed by atoms with E-state index in [1.54, 1.807) is 11.8 Å². The number of hydrogen-bond acceptors (Lipinski definition) is 5. The molecule has 2 aliphatic heterocycles. The molecule has 24 heavy (non-hydrogen) atoms. The minimum absolute atomic E-state index is 0.0510. The quantitative estimate of drug-likeness (QED) is 0.765. The van der Waals surface area contributed by atoms with E-state index in [0.717, 1.165) is 29.4 Å². The van der Waals surface area contributed by atoms with Crippen LogP contribution in [0.5, 0.6) is 23.0 Å². The predicted molar refractivity (Wildman–Crippen MR) is 93.7 cm³/mol. The second kappa shape index (κ2) is 6.48. The Morgan fingerprint density at radius 3 is 2.67 bits per heavy atom. The average Bonchev–Trinajstić information content (AvgIpc) is 3.08. The standard InChI is InChI=1S/C19H20O4S/c1-12(13-3-5-16-18(8-13)22-11-21-16)7-14-10-20-17-6-4-15(24-2)9-19(17)23-14/h3-6,8-9,12,14H,7,10-11H2,1-2H3. The molecular formula is C19H20O4S. The monoisotopic (exact) mass is 344 g/mol. The van der Waals surface area contributed by atoms with Crippen LogP contribution in [-0.4, -0.2) is 25.8 Å². The van der Waals surface area contributed by atoms with Gasteiger partial charge in [-0.3, -0.25) is 0 Å². The van der Waals surface area contributed by atoms with E-state index >= 15 is 0 Å². The summed E-state index contributed by atoms with van der Waals surface area (Å²) in [4.78, 5) is 1.18. The molecule has 0 N–H and O–H groups in total. The predicted octanol–water partition coefficient (Wildman–Crippen LogP) is 4.47. The third kappa shape index (κ3) is 3.00. The molecule has 2 heterocycles. The highest BCUT2D eigenvalue weighted by atomic mass is 32.2. The Labute approximate surface area is 146 Å². The SMILES string of the molecule is CSc1ccc2c(c1)OC(CC(C)c1ccc3c(c1)OCO3)CO2. The van der Waals surface area contributed by atoms with Gasteiger partial charge in [0.15, 0.2) is 23.0 Å². The number of thioether (sulfide) groups is 1. The molecular weight excluding hydrogens is 324 g/mol. The molecule has 0 aliphatic carbocycles. The van der Waals surface area contributed by atoms with Gasteiger partial charge in [-0.2, -0.15) is 0 Å². The van der Waals surface area contributed by atoms with Gasteiger partial charge in [0.2, 0.25) is 6.79 Å². The molecule has 0 saturated heterocycles. The molecule has 2 aliphatic rings. The highest BCUT2D eigenvalue weighted by Crippen LogP contribution is 2.38. The summed E-state index contributed by atoms with van der Waals surface area (Å²) < 4.78 is 22.9. The van der Waals surface area contributed by atoms with E-state index in [9.17, 15) is 0 Å². The summed E-state index contributed by atoms with van der Waals surface area (Å²) in [5.41, 5.74) is 1.23. The first-order valence-electron chi connectivity index (χ1n) is 8.10. The molecule has 4 nitrogen and oxygen atoms in total. The van der Waals surface area contributed by atoms with Crippen LogP contribution in [0.4, 0.5) is 0 Å². The van der Waals surface area contributed by atoms with Crippen molar-refractivity contribution in [2.75, 3.05) is 19.7 Å². The normalized spacial score (nSPS) is 19.2. The zero-order valence-corrected chi connectivity index (χ0v) is 14.6. The number of benzene rings is 2. The highest BCUT2D eigenvalue weighted by molar-refractivity contribution is 7.98. The van der Waals surface area contributed by atoms with Crippen LogP contribution in [0, 0.1) is 0 Å². The van der Waals surface area contributed by atoms with Crippen LogP contribution in [0.25, 0.3) is 0 Å². The van der Waals surface area contributed by atoms with Crippen molar-refractivity contribution in [3.05, 3.63) is 42.0 Å². The summed E-state index contributed by atoms with van der Waals surface area (Å²) >= 11 is 1.70. The Balaban J connectivity index is 1.45. The van der Waals surface area contributed by atoms with E-state index in [0.29, 0.717) is 19.3 Å². The molecule has 0 aromatic heterocycles. The molecule has 5 heteroatoms. The Kier molecular flexibility index (Phi) is 4.19. The summed E-state index contributed by atoms with van der Waals surface area (Å²) in [6.45, 7) is 3.09. The molecule has 0 fully saturated rings. The first-order chi connectivity index (χ1) is 11.7. The topological polar surface area (TPSA) is 36.9 Å². The lowest BCUT2D eigenvalue weighted by atomic mass is 9.94. The maximum absolute atomic E-state index is 6.16. The highest BCUT2D eigenvalue weighted by Gasteiger charge is 2.24. The van der Waals surface area contributed by atoms with Crippen LogP contribution in [0.1, 0.15) is 24.8 Å². The maximum Gasteiger partial charge on any atom is 0.231 e. The Hall–Kier alpha value is -2.01. The summed E-state index contributed by atoms with van der Waals surface area (Å²) in [7, 11) is 0. The Morgan fingerprint density at radius 1 is 1.00 bits per heavy atom. The molecule has 2 unspecified atom stereocenters. The molecule has 0 saturated carbocycles. The third-order valence-corrected chi connectivity index (χ3v) is 5.18. The molecule has 0 spiro atoms. The lowest BCUT2D eigenvalue weighted by Gasteiger charge is -2.28. The van der Waals surface area contributed by atoms with E-state index in [1.165, 1.54) is 10.5 Å². The first kappa shape index (κ1) is 15.5. The summed E-state index contributed by atoms with van der Waals surface area (Å²) in [5, 5.41) is 0. The molecule has 0 bridgehead atoms. The summed E-state index contributed by atoms with van der Waals surface area (Å²) in [6.07, 6.45) is 3.00. The second-order valence-corrected chi connectivity index (χ2v) is 6.99. The average molecular weight is 344 g/mol. The van der Waals surface area contributed by atoms with Gasteiger partial charge in [0.1, 0.15) is 12.7 Å². The fourth-order valence-corrected chi connectivity index (χ4v) is 3.52. The van der Waals surface area contributed by atoms with Crippen LogP contribution in [0.2, 0.25) is 0 Å². The molecule has 126 valence electrons. The van der Waals surface area contributed by atoms with Crippen molar-refractivity contribution in [3.8, 4) is 23.0 Å². The molecule has 2 atom stereocenters. The molecule has 2 aromatic rings. The van der Waals surface area contributed by atoms with Gasteiger partial charge in [-0.05, 0) is 54.5 Å². The van der Waals surface area contributed by atoms with Crippen LogP contribution in [0.15, 0.2) is 41.3 Å². The fourth-order valence-electron chi connectivity index (χ4n) is 3.09. The lowest BCUT2D eigenvalue weighted by molar-refractivity contribution is 0.0802. The van der Waals surface area contributed by atoms with Crippen molar-refractivity contribution in [1.29, 1.82) is 0 Å². The van der Waals surface area contributed by atoms with Crippen molar-refractivity contribution in [2.24, 2.45) is 0 Å². The van der Waals surface area contributed by atoms with Gasteiger partial charge in [0.25, 0.3) is 0 Å². The van der Waals surface area contributed by atoms with Crippen molar-refractivity contribution in [2.45, 2.75) is 30.3 Å². The summed E-state index contributed by atoms with van der Waals surface area (Å²) in [6, 6.07) is 12.2. The van der Waals surface area contributed by atoms with Gasteiger partial charge in [-0.15, -0.1) is 11.8 Å². The van der Waals surface area contributed by atoms with E-state index in [4.69, 9.17) is 18.9 Å². The van der Waals surface area contributed by atoms with Crippen LogP contribution in [-0.2, 0) is 0 Å².